The minimum atomic E-state index is 0.917. The van der Waals surface area contributed by atoms with Crippen LogP contribution in [0.5, 0.6) is 0 Å². The van der Waals surface area contributed by atoms with Crippen molar-refractivity contribution in [1.82, 2.24) is 9.97 Å². The van der Waals surface area contributed by atoms with Gasteiger partial charge in [0.15, 0.2) is 0 Å². The van der Waals surface area contributed by atoms with Gasteiger partial charge >= 0.3 is 0 Å². The highest BCUT2D eigenvalue weighted by atomic mass is 15.3. The van der Waals surface area contributed by atoms with Gasteiger partial charge in [-0.2, -0.15) is 4.98 Å². The number of benzene rings is 1. The average molecular weight is 351 g/mol. The highest BCUT2D eigenvalue weighted by Crippen LogP contribution is 2.23. The van der Waals surface area contributed by atoms with Crippen LogP contribution in [0.1, 0.15) is 30.5 Å². The highest BCUT2D eigenvalue weighted by molar-refractivity contribution is 5.52. The van der Waals surface area contributed by atoms with Crippen molar-refractivity contribution in [2.45, 2.75) is 33.1 Å². The first kappa shape index (κ1) is 17.1. The molecule has 2 saturated heterocycles. The van der Waals surface area contributed by atoms with E-state index in [1.54, 1.807) is 0 Å². The van der Waals surface area contributed by atoms with Gasteiger partial charge in [0.2, 0.25) is 5.95 Å². The number of hydrogen-bond acceptors (Lipinski definition) is 5. The number of piperazine rings is 1. The van der Waals surface area contributed by atoms with Crippen LogP contribution in [-0.2, 0) is 0 Å². The third-order valence-corrected chi connectivity index (χ3v) is 5.44. The molecule has 0 saturated carbocycles. The summed E-state index contributed by atoms with van der Waals surface area (Å²) in [6.45, 7) is 10.5. The fraction of sp³-hybridized carbons (Fsp3) is 0.524. The van der Waals surface area contributed by atoms with Crippen LogP contribution in [0.2, 0.25) is 0 Å². The first-order valence-electron chi connectivity index (χ1n) is 9.86. The monoisotopic (exact) mass is 351 g/mol. The van der Waals surface area contributed by atoms with Gasteiger partial charge in [-0.1, -0.05) is 12.1 Å². The lowest BCUT2D eigenvalue weighted by molar-refractivity contribution is 0.566. The van der Waals surface area contributed by atoms with Gasteiger partial charge in [0.1, 0.15) is 5.82 Å². The van der Waals surface area contributed by atoms with Gasteiger partial charge < -0.3 is 14.7 Å². The van der Waals surface area contributed by atoms with E-state index >= 15 is 0 Å². The van der Waals surface area contributed by atoms with Crippen molar-refractivity contribution in [2.24, 2.45) is 0 Å². The van der Waals surface area contributed by atoms with Crippen LogP contribution in [0, 0.1) is 13.8 Å². The van der Waals surface area contributed by atoms with E-state index in [0.717, 1.165) is 56.7 Å². The first-order chi connectivity index (χ1) is 12.7. The molecule has 3 heterocycles. The lowest BCUT2D eigenvalue weighted by atomic mass is 10.1. The zero-order valence-electron chi connectivity index (χ0n) is 16.0. The number of aromatic nitrogens is 2. The van der Waals surface area contributed by atoms with Crippen LogP contribution in [0.25, 0.3) is 0 Å². The maximum Gasteiger partial charge on any atom is 0.227 e. The van der Waals surface area contributed by atoms with Gasteiger partial charge in [-0.15, -0.1) is 0 Å². The molecule has 2 aliphatic rings. The standard InChI is InChI=1S/C21H29N5/c1-17-7-6-8-19(15-17)24-11-13-25(14-12-24)20-16-18(2)22-21(23-20)26-9-4-3-5-10-26/h6-8,15-16H,3-5,9-14H2,1-2H3. The third kappa shape index (κ3) is 3.76. The van der Waals surface area contributed by atoms with Crippen molar-refractivity contribution in [3.63, 3.8) is 0 Å². The Morgan fingerprint density at radius 3 is 2.19 bits per heavy atom. The van der Waals surface area contributed by atoms with Crippen molar-refractivity contribution in [1.29, 1.82) is 0 Å². The van der Waals surface area contributed by atoms with E-state index in [9.17, 15) is 0 Å². The first-order valence-corrected chi connectivity index (χ1v) is 9.86. The summed E-state index contributed by atoms with van der Waals surface area (Å²) in [5.41, 5.74) is 3.72. The largest absolute Gasteiger partial charge is 0.368 e. The molecule has 2 fully saturated rings. The molecule has 5 nitrogen and oxygen atoms in total. The number of aryl methyl sites for hydroxylation is 2. The lowest BCUT2D eigenvalue weighted by Gasteiger charge is -2.37. The normalized spacial score (nSPS) is 18.3. The molecule has 0 unspecified atom stereocenters. The molecule has 138 valence electrons. The van der Waals surface area contributed by atoms with Gasteiger partial charge in [0.25, 0.3) is 0 Å². The molecule has 5 heteroatoms. The molecule has 1 aromatic carbocycles. The Morgan fingerprint density at radius 1 is 0.731 bits per heavy atom. The summed E-state index contributed by atoms with van der Waals surface area (Å²) in [7, 11) is 0. The molecule has 4 rings (SSSR count). The molecule has 26 heavy (non-hydrogen) atoms. The van der Waals surface area contributed by atoms with Crippen molar-refractivity contribution in [3.8, 4) is 0 Å². The van der Waals surface area contributed by atoms with Crippen molar-refractivity contribution in [3.05, 3.63) is 41.6 Å². The minimum absolute atomic E-state index is 0.917. The molecule has 0 bridgehead atoms. The van der Waals surface area contributed by atoms with Gasteiger partial charge in [-0.3, -0.25) is 0 Å². The number of anilines is 3. The smallest absolute Gasteiger partial charge is 0.227 e. The molecule has 2 aliphatic heterocycles. The zero-order chi connectivity index (χ0) is 17.9. The molecular formula is C21H29N5. The van der Waals surface area contributed by atoms with Gasteiger partial charge in [-0.25, -0.2) is 4.98 Å². The summed E-state index contributed by atoms with van der Waals surface area (Å²) in [6, 6.07) is 10.9. The summed E-state index contributed by atoms with van der Waals surface area (Å²) in [6.07, 6.45) is 3.83. The van der Waals surface area contributed by atoms with E-state index in [4.69, 9.17) is 9.97 Å². The molecule has 2 aromatic rings. The molecule has 0 radical (unpaired) electrons. The molecule has 1 aromatic heterocycles. The van der Waals surface area contributed by atoms with Crippen LogP contribution in [-0.4, -0.2) is 49.2 Å². The van der Waals surface area contributed by atoms with Crippen molar-refractivity contribution >= 4 is 17.5 Å². The minimum Gasteiger partial charge on any atom is -0.368 e. The molecule has 0 spiro atoms. The van der Waals surface area contributed by atoms with Crippen LogP contribution in [0.15, 0.2) is 30.3 Å². The number of hydrogen-bond donors (Lipinski definition) is 0. The molecule has 0 atom stereocenters. The van der Waals surface area contributed by atoms with Crippen molar-refractivity contribution < 1.29 is 0 Å². The fourth-order valence-corrected chi connectivity index (χ4v) is 3.95. The van der Waals surface area contributed by atoms with Gasteiger partial charge in [-0.05, 0) is 50.8 Å². The Labute approximate surface area is 156 Å². The fourth-order valence-electron chi connectivity index (χ4n) is 3.95. The van der Waals surface area contributed by atoms with Gasteiger partial charge in [0.05, 0.1) is 0 Å². The van der Waals surface area contributed by atoms with E-state index in [1.807, 2.05) is 0 Å². The molecule has 0 amide bonds. The maximum absolute atomic E-state index is 4.92. The molecule has 0 N–H and O–H groups in total. The summed E-state index contributed by atoms with van der Waals surface area (Å²) >= 11 is 0. The maximum atomic E-state index is 4.92. The summed E-state index contributed by atoms with van der Waals surface area (Å²) in [5.74, 6) is 2.00. The number of nitrogens with zero attached hydrogens (tertiary/aromatic N) is 5. The predicted molar refractivity (Wildman–Crippen MR) is 108 cm³/mol. The van der Waals surface area contributed by atoms with Crippen LogP contribution < -0.4 is 14.7 Å². The topological polar surface area (TPSA) is 35.5 Å². The van der Waals surface area contributed by atoms with E-state index in [1.165, 1.54) is 30.5 Å². The Morgan fingerprint density at radius 2 is 1.46 bits per heavy atom. The predicted octanol–water partition coefficient (Wildman–Crippen LogP) is 3.41. The Hall–Kier alpha value is -2.30. The third-order valence-electron chi connectivity index (χ3n) is 5.44. The van der Waals surface area contributed by atoms with Crippen molar-refractivity contribution in [2.75, 3.05) is 54.0 Å². The molecular weight excluding hydrogens is 322 g/mol. The number of rotatable bonds is 3. The second-order valence-corrected chi connectivity index (χ2v) is 7.53. The lowest BCUT2D eigenvalue weighted by Crippen LogP contribution is -2.47. The Bertz CT molecular complexity index is 746. The van der Waals surface area contributed by atoms with Crippen LogP contribution in [0.4, 0.5) is 17.5 Å². The van der Waals surface area contributed by atoms with E-state index in [2.05, 4.69) is 58.9 Å². The molecule has 0 aliphatic carbocycles. The van der Waals surface area contributed by atoms with E-state index < -0.39 is 0 Å². The van der Waals surface area contributed by atoms with E-state index in [0.29, 0.717) is 0 Å². The highest BCUT2D eigenvalue weighted by Gasteiger charge is 2.21. The van der Waals surface area contributed by atoms with E-state index in [-0.39, 0.29) is 0 Å². The Balaban J connectivity index is 1.46. The summed E-state index contributed by atoms with van der Waals surface area (Å²) in [4.78, 5) is 16.9. The number of piperidine rings is 1. The quantitative estimate of drug-likeness (QED) is 0.847. The SMILES string of the molecule is Cc1cccc(N2CCN(c3cc(C)nc(N4CCCCC4)n3)CC2)c1. The van der Waals surface area contributed by atoms with Gasteiger partial charge in [0, 0.05) is 56.7 Å². The average Bonchev–Trinajstić information content (AvgIpc) is 2.68. The van der Waals surface area contributed by atoms with Crippen LogP contribution >= 0.6 is 0 Å². The second kappa shape index (κ2) is 7.52. The Kier molecular flexibility index (Phi) is 4.96. The second-order valence-electron chi connectivity index (χ2n) is 7.53. The summed E-state index contributed by atoms with van der Waals surface area (Å²) < 4.78 is 0. The zero-order valence-corrected chi connectivity index (χ0v) is 16.0. The van der Waals surface area contributed by atoms with Crippen LogP contribution in [0.3, 0.4) is 0 Å². The summed E-state index contributed by atoms with van der Waals surface area (Å²) in [5, 5.41) is 0.